The molecule has 0 aliphatic heterocycles. The summed E-state index contributed by atoms with van der Waals surface area (Å²) in [5.41, 5.74) is 0.941. The molecule has 0 atom stereocenters. The van der Waals surface area contributed by atoms with Gasteiger partial charge in [-0.15, -0.1) is 13.2 Å². The number of nitrogens with zero attached hydrogens (tertiary/aromatic N) is 1. The van der Waals surface area contributed by atoms with Gasteiger partial charge in [-0.2, -0.15) is 5.26 Å². The van der Waals surface area contributed by atoms with Crippen molar-refractivity contribution < 1.29 is 17.9 Å². The highest BCUT2D eigenvalue weighted by Crippen LogP contribution is 2.25. The van der Waals surface area contributed by atoms with Crippen molar-refractivity contribution in [2.75, 3.05) is 0 Å². The number of ether oxygens (including phenoxy) is 1. The first-order valence-electron chi connectivity index (χ1n) is 5.84. The second kappa shape index (κ2) is 5.71. The summed E-state index contributed by atoms with van der Waals surface area (Å²) in [5, 5.41) is 8.63. The van der Waals surface area contributed by atoms with Gasteiger partial charge >= 0.3 is 6.36 Å². The summed E-state index contributed by atoms with van der Waals surface area (Å²) < 4.78 is 39.9. The number of pyridine rings is 1. The summed E-state index contributed by atoms with van der Waals surface area (Å²) in [5.74, 6) is -0.365. The molecular weight excluding hydrogens is 285 g/mol. The van der Waals surface area contributed by atoms with Gasteiger partial charge < -0.3 is 9.72 Å². The maximum Gasteiger partial charge on any atom is 0.573 e. The predicted octanol–water partition coefficient (Wildman–Crippen LogP) is 3.01. The Hall–Kier alpha value is -2.75. The van der Waals surface area contributed by atoms with E-state index in [1.165, 1.54) is 24.4 Å². The zero-order valence-electron chi connectivity index (χ0n) is 10.6. The van der Waals surface area contributed by atoms with E-state index in [0.29, 0.717) is 11.1 Å². The highest BCUT2D eigenvalue weighted by Gasteiger charge is 2.30. The first kappa shape index (κ1) is 14.7. The molecular formula is C14H9F3N2O2. The topological polar surface area (TPSA) is 65.9 Å². The van der Waals surface area contributed by atoms with Crippen LogP contribution in [0, 0.1) is 11.3 Å². The van der Waals surface area contributed by atoms with E-state index < -0.39 is 6.36 Å². The molecule has 0 aliphatic carbocycles. The number of hydrogen-bond donors (Lipinski definition) is 1. The van der Waals surface area contributed by atoms with Gasteiger partial charge in [0.15, 0.2) is 0 Å². The maximum atomic E-state index is 12.1. The second-order valence-corrected chi connectivity index (χ2v) is 4.16. The highest BCUT2D eigenvalue weighted by atomic mass is 19.4. The van der Waals surface area contributed by atoms with Crippen molar-refractivity contribution in [2.45, 2.75) is 12.8 Å². The average Bonchev–Trinajstić information content (AvgIpc) is 2.40. The van der Waals surface area contributed by atoms with Crippen molar-refractivity contribution in [3.8, 4) is 22.9 Å². The van der Waals surface area contributed by atoms with Crippen LogP contribution in [0.25, 0.3) is 11.1 Å². The summed E-state index contributed by atoms with van der Waals surface area (Å²) in [4.78, 5) is 14.2. The Labute approximate surface area is 117 Å². The Morgan fingerprint density at radius 2 is 1.90 bits per heavy atom. The molecule has 0 radical (unpaired) electrons. The molecule has 0 fully saturated rings. The number of aromatic nitrogens is 1. The Bertz CT molecular complexity index is 728. The van der Waals surface area contributed by atoms with Crippen LogP contribution in [0.15, 0.2) is 41.3 Å². The van der Waals surface area contributed by atoms with Crippen molar-refractivity contribution in [2.24, 2.45) is 0 Å². The van der Waals surface area contributed by atoms with Crippen LogP contribution >= 0.6 is 0 Å². The molecule has 0 spiro atoms. The monoisotopic (exact) mass is 294 g/mol. The van der Waals surface area contributed by atoms with E-state index in [2.05, 4.69) is 9.72 Å². The van der Waals surface area contributed by atoms with Crippen molar-refractivity contribution in [1.29, 1.82) is 5.26 Å². The maximum absolute atomic E-state index is 12.1. The van der Waals surface area contributed by atoms with Gasteiger partial charge in [0.25, 0.3) is 5.56 Å². The summed E-state index contributed by atoms with van der Waals surface area (Å²) in [6.45, 7) is 0. The van der Waals surface area contributed by atoms with Crippen molar-refractivity contribution in [1.82, 2.24) is 4.98 Å². The van der Waals surface area contributed by atoms with E-state index >= 15 is 0 Å². The lowest BCUT2D eigenvalue weighted by molar-refractivity contribution is -0.274. The van der Waals surface area contributed by atoms with Gasteiger partial charge in [0.2, 0.25) is 0 Å². The Morgan fingerprint density at radius 3 is 2.48 bits per heavy atom. The lowest BCUT2D eigenvalue weighted by atomic mass is 10.0. The predicted molar refractivity (Wildman–Crippen MR) is 68.5 cm³/mol. The van der Waals surface area contributed by atoms with Crippen LogP contribution in [-0.2, 0) is 6.42 Å². The molecule has 2 aromatic rings. The van der Waals surface area contributed by atoms with Crippen LogP contribution in [0.5, 0.6) is 5.75 Å². The first-order valence-corrected chi connectivity index (χ1v) is 5.84. The zero-order chi connectivity index (χ0) is 15.5. The van der Waals surface area contributed by atoms with Gasteiger partial charge in [0.1, 0.15) is 5.75 Å². The molecule has 108 valence electrons. The van der Waals surface area contributed by atoms with E-state index in [9.17, 15) is 18.0 Å². The van der Waals surface area contributed by atoms with Gasteiger partial charge in [-0.1, -0.05) is 12.1 Å². The molecule has 0 unspecified atom stereocenters. The van der Waals surface area contributed by atoms with Crippen molar-refractivity contribution in [3.63, 3.8) is 0 Å². The van der Waals surface area contributed by atoms with Crippen LogP contribution in [0.1, 0.15) is 5.56 Å². The van der Waals surface area contributed by atoms with E-state index in [4.69, 9.17) is 5.26 Å². The number of benzene rings is 1. The van der Waals surface area contributed by atoms with Gasteiger partial charge in [-0.05, 0) is 29.3 Å². The van der Waals surface area contributed by atoms with Crippen LogP contribution in [-0.4, -0.2) is 11.3 Å². The second-order valence-electron chi connectivity index (χ2n) is 4.16. The third kappa shape index (κ3) is 3.86. The Morgan fingerprint density at radius 1 is 1.24 bits per heavy atom. The molecule has 7 heteroatoms. The number of nitriles is 1. The standard InChI is InChI=1S/C14H9F3N2O2/c15-14(16,17)21-11-3-1-10(2-4-11)12-7-9(5-6-18)8-19-13(12)20/h1-4,7-8H,5H2,(H,19,20). The van der Waals surface area contributed by atoms with Crippen LogP contribution in [0.4, 0.5) is 13.2 Å². The normalized spacial score (nSPS) is 11.0. The minimum absolute atomic E-state index is 0.124. The number of nitrogens with one attached hydrogen (secondary N) is 1. The third-order valence-electron chi connectivity index (χ3n) is 2.65. The molecule has 0 saturated carbocycles. The van der Waals surface area contributed by atoms with Gasteiger partial charge in [-0.3, -0.25) is 4.79 Å². The largest absolute Gasteiger partial charge is 0.573 e. The minimum Gasteiger partial charge on any atom is -0.406 e. The van der Waals surface area contributed by atoms with Gasteiger partial charge in [0.05, 0.1) is 12.5 Å². The first-order chi connectivity index (χ1) is 9.89. The fourth-order valence-corrected chi connectivity index (χ4v) is 1.77. The summed E-state index contributed by atoms with van der Waals surface area (Å²) in [6, 6.07) is 8.43. The van der Waals surface area contributed by atoms with E-state index in [-0.39, 0.29) is 23.3 Å². The van der Waals surface area contributed by atoms with Gasteiger partial charge in [-0.25, -0.2) is 0 Å². The molecule has 2 rings (SSSR count). The SMILES string of the molecule is N#CCc1c[nH]c(=O)c(-c2ccc(OC(F)(F)F)cc2)c1. The van der Waals surface area contributed by atoms with E-state index in [1.807, 2.05) is 6.07 Å². The summed E-state index contributed by atoms with van der Waals surface area (Å²) in [7, 11) is 0. The molecule has 0 bridgehead atoms. The summed E-state index contributed by atoms with van der Waals surface area (Å²) in [6.07, 6.45) is -3.21. The molecule has 0 aliphatic rings. The van der Waals surface area contributed by atoms with Crippen LogP contribution < -0.4 is 10.3 Å². The van der Waals surface area contributed by atoms with E-state index in [0.717, 1.165) is 12.1 Å². The fraction of sp³-hybridized carbons (Fsp3) is 0.143. The lowest BCUT2D eigenvalue weighted by Crippen LogP contribution is -2.17. The third-order valence-corrected chi connectivity index (χ3v) is 2.65. The number of aromatic amines is 1. The number of H-pyrrole nitrogens is 1. The van der Waals surface area contributed by atoms with Crippen molar-refractivity contribution in [3.05, 3.63) is 52.4 Å². The molecule has 21 heavy (non-hydrogen) atoms. The molecule has 1 aromatic heterocycles. The number of halogens is 3. The van der Waals surface area contributed by atoms with Crippen molar-refractivity contribution >= 4 is 0 Å². The molecule has 0 saturated heterocycles. The quantitative estimate of drug-likeness (QED) is 0.946. The number of alkyl halides is 3. The Balaban J connectivity index is 2.33. The molecule has 0 amide bonds. The lowest BCUT2D eigenvalue weighted by Gasteiger charge is -2.09. The fourth-order valence-electron chi connectivity index (χ4n) is 1.77. The van der Waals surface area contributed by atoms with Crippen LogP contribution in [0.2, 0.25) is 0 Å². The molecule has 4 nitrogen and oxygen atoms in total. The summed E-state index contributed by atoms with van der Waals surface area (Å²) >= 11 is 0. The molecule has 1 heterocycles. The Kier molecular flexibility index (Phi) is 3.98. The smallest absolute Gasteiger partial charge is 0.406 e. The van der Waals surface area contributed by atoms with E-state index in [1.54, 1.807) is 0 Å². The minimum atomic E-state index is -4.76. The zero-order valence-corrected chi connectivity index (χ0v) is 10.6. The number of rotatable bonds is 3. The van der Waals surface area contributed by atoms with Crippen LogP contribution in [0.3, 0.4) is 0 Å². The van der Waals surface area contributed by atoms with Gasteiger partial charge in [0, 0.05) is 11.8 Å². The number of hydrogen-bond acceptors (Lipinski definition) is 3. The highest BCUT2D eigenvalue weighted by molar-refractivity contribution is 5.63. The average molecular weight is 294 g/mol. The molecule has 1 N–H and O–H groups in total. The molecule has 1 aromatic carbocycles.